The van der Waals surface area contributed by atoms with Gasteiger partial charge in [0.2, 0.25) is 0 Å². The third-order valence-electron chi connectivity index (χ3n) is 3.92. The van der Waals surface area contributed by atoms with Crippen LogP contribution < -0.4 is 10.2 Å². The van der Waals surface area contributed by atoms with Gasteiger partial charge in [-0.1, -0.05) is 26.0 Å². The lowest BCUT2D eigenvalue weighted by atomic mass is 10.0. The van der Waals surface area contributed by atoms with Crippen molar-refractivity contribution < 1.29 is 9.69 Å². The van der Waals surface area contributed by atoms with E-state index in [9.17, 15) is 4.79 Å². The van der Waals surface area contributed by atoms with Crippen molar-refractivity contribution in [3.8, 4) is 0 Å². The molecule has 104 valence electrons. The predicted molar refractivity (Wildman–Crippen MR) is 78.4 cm³/mol. The Morgan fingerprint density at radius 3 is 2.74 bits per heavy atom. The molecule has 2 N–H and O–H groups in total. The van der Waals surface area contributed by atoms with E-state index < -0.39 is 0 Å². The summed E-state index contributed by atoms with van der Waals surface area (Å²) < 4.78 is 0. The Hall–Kier alpha value is -1.35. The van der Waals surface area contributed by atoms with E-state index in [2.05, 4.69) is 31.3 Å². The molecule has 1 saturated heterocycles. The van der Waals surface area contributed by atoms with Crippen molar-refractivity contribution in [2.75, 3.05) is 25.0 Å². The van der Waals surface area contributed by atoms with Crippen LogP contribution >= 0.6 is 0 Å². The maximum absolute atomic E-state index is 12.0. The van der Waals surface area contributed by atoms with Crippen molar-refractivity contribution in [2.24, 2.45) is 5.92 Å². The van der Waals surface area contributed by atoms with Gasteiger partial charge in [-0.2, -0.15) is 0 Å². The first-order chi connectivity index (χ1) is 9.17. The highest BCUT2D eigenvalue weighted by Gasteiger charge is 2.21. The van der Waals surface area contributed by atoms with E-state index in [0.717, 1.165) is 31.1 Å². The highest BCUT2D eigenvalue weighted by atomic mass is 16.2. The lowest BCUT2D eigenvalue weighted by Crippen LogP contribution is -3.14. The zero-order valence-corrected chi connectivity index (χ0v) is 12.0. The summed E-state index contributed by atoms with van der Waals surface area (Å²) in [6.07, 6.45) is 3.59. The maximum atomic E-state index is 12.0. The molecule has 1 amide bonds. The van der Waals surface area contributed by atoms with Gasteiger partial charge >= 0.3 is 0 Å². The molecule has 1 fully saturated rings. The zero-order chi connectivity index (χ0) is 13.7. The Bertz CT molecular complexity index is 413. The standard InChI is InChI=1S/C16H24N2O/c1-3-14-6-8-15(9-7-14)17-16(19)12-18-10-4-5-13(2)11-18/h6-9,13H,3-5,10-12H2,1-2H3,(H,17,19)/p+1. The number of hydrogen-bond acceptors (Lipinski definition) is 1. The number of hydrogen-bond donors (Lipinski definition) is 2. The van der Waals surface area contributed by atoms with Gasteiger partial charge in [-0.25, -0.2) is 0 Å². The molecule has 2 rings (SSSR count). The number of piperidine rings is 1. The van der Waals surface area contributed by atoms with Crippen molar-refractivity contribution in [1.29, 1.82) is 0 Å². The van der Waals surface area contributed by atoms with Crippen molar-refractivity contribution in [3.05, 3.63) is 29.8 Å². The second-order valence-corrected chi connectivity index (χ2v) is 5.73. The van der Waals surface area contributed by atoms with Gasteiger partial charge < -0.3 is 10.2 Å². The molecule has 0 saturated carbocycles. The Morgan fingerprint density at radius 1 is 1.37 bits per heavy atom. The predicted octanol–water partition coefficient (Wildman–Crippen LogP) is 1.50. The minimum absolute atomic E-state index is 0.133. The van der Waals surface area contributed by atoms with Crippen molar-refractivity contribution in [1.82, 2.24) is 0 Å². The number of rotatable bonds is 4. The molecular weight excluding hydrogens is 236 g/mol. The van der Waals surface area contributed by atoms with Crippen molar-refractivity contribution in [2.45, 2.75) is 33.1 Å². The number of amides is 1. The molecule has 0 bridgehead atoms. The summed E-state index contributed by atoms with van der Waals surface area (Å²) in [5.41, 5.74) is 2.21. The Balaban J connectivity index is 1.83. The van der Waals surface area contributed by atoms with Gasteiger partial charge in [0.05, 0.1) is 13.1 Å². The van der Waals surface area contributed by atoms with Gasteiger partial charge in [0.15, 0.2) is 6.54 Å². The summed E-state index contributed by atoms with van der Waals surface area (Å²) >= 11 is 0. The molecule has 2 unspecified atom stereocenters. The minimum atomic E-state index is 0.133. The van der Waals surface area contributed by atoms with E-state index in [-0.39, 0.29) is 5.91 Å². The summed E-state index contributed by atoms with van der Waals surface area (Å²) in [6, 6.07) is 8.13. The average molecular weight is 261 g/mol. The fourth-order valence-electron chi connectivity index (χ4n) is 2.81. The second-order valence-electron chi connectivity index (χ2n) is 5.73. The molecular formula is C16H25N2O+. The SMILES string of the molecule is CCc1ccc(NC(=O)C[NH+]2CCCC(C)C2)cc1. The molecule has 19 heavy (non-hydrogen) atoms. The molecule has 1 aliphatic rings. The molecule has 3 heteroatoms. The summed E-state index contributed by atoms with van der Waals surface area (Å²) in [5, 5.41) is 3.00. The number of likely N-dealkylation sites (tertiary alicyclic amines) is 1. The third kappa shape index (κ3) is 4.35. The molecule has 3 nitrogen and oxygen atoms in total. The molecule has 0 radical (unpaired) electrons. The average Bonchev–Trinajstić information content (AvgIpc) is 2.39. The molecule has 0 aromatic heterocycles. The monoisotopic (exact) mass is 261 g/mol. The van der Waals surface area contributed by atoms with Crippen LogP contribution in [-0.4, -0.2) is 25.5 Å². The van der Waals surface area contributed by atoms with Gasteiger partial charge in [0, 0.05) is 11.6 Å². The first-order valence-electron chi connectivity index (χ1n) is 7.39. The molecule has 0 spiro atoms. The van der Waals surface area contributed by atoms with Gasteiger partial charge in [0.25, 0.3) is 5.91 Å². The van der Waals surface area contributed by atoms with Crippen LogP contribution in [0.25, 0.3) is 0 Å². The smallest absolute Gasteiger partial charge is 0.279 e. The van der Waals surface area contributed by atoms with Gasteiger partial charge in [-0.3, -0.25) is 4.79 Å². The maximum Gasteiger partial charge on any atom is 0.279 e. The van der Waals surface area contributed by atoms with Crippen molar-refractivity contribution in [3.63, 3.8) is 0 Å². The van der Waals surface area contributed by atoms with Gasteiger partial charge in [-0.05, 0) is 37.0 Å². The van der Waals surface area contributed by atoms with E-state index in [1.165, 1.54) is 23.3 Å². The number of quaternary nitrogens is 1. The van der Waals surface area contributed by atoms with Crippen LogP contribution in [0.5, 0.6) is 0 Å². The Kier molecular flexibility index (Phi) is 4.97. The molecule has 1 aromatic carbocycles. The van der Waals surface area contributed by atoms with E-state index in [1.54, 1.807) is 0 Å². The van der Waals surface area contributed by atoms with E-state index in [1.807, 2.05) is 12.1 Å². The summed E-state index contributed by atoms with van der Waals surface area (Å²) in [5.74, 6) is 0.883. The Labute approximate surface area is 116 Å². The first-order valence-corrected chi connectivity index (χ1v) is 7.39. The molecule has 0 aliphatic carbocycles. The summed E-state index contributed by atoms with van der Waals surface area (Å²) in [6.45, 7) is 7.27. The van der Waals surface area contributed by atoms with Crippen LogP contribution in [0, 0.1) is 5.92 Å². The van der Waals surface area contributed by atoms with E-state index >= 15 is 0 Å². The first kappa shape index (κ1) is 14.1. The quantitative estimate of drug-likeness (QED) is 0.846. The summed E-state index contributed by atoms with van der Waals surface area (Å²) in [4.78, 5) is 13.4. The van der Waals surface area contributed by atoms with Crippen LogP contribution in [0.2, 0.25) is 0 Å². The van der Waals surface area contributed by atoms with Crippen LogP contribution in [0.1, 0.15) is 32.3 Å². The van der Waals surface area contributed by atoms with Gasteiger partial charge in [0.1, 0.15) is 0 Å². The van der Waals surface area contributed by atoms with Crippen molar-refractivity contribution >= 4 is 11.6 Å². The third-order valence-corrected chi connectivity index (χ3v) is 3.92. The number of carbonyl (C=O) groups excluding carboxylic acids is 1. The van der Waals surface area contributed by atoms with Crippen LogP contribution in [0.3, 0.4) is 0 Å². The fraction of sp³-hybridized carbons (Fsp3) is 0.562. The number of aryl methyl sites for hydroxylation is 1. The lowest BCUT2D eigenvalue weighted by Gasteiger charge is -2.27. The normalized spacial score (nSPS) is 23.1. The van der Waals surface area contributed by atoms with Crippen LogP contribution in [0.15, 0.2) is 24.3 Å². The lowest BCUT2D eigenvalue weighted by molar-refractivity contribution is -0.900. The molecule has 1 aromatic rings. The topological polar surface area (TPSA) is 33.5 Å². The Morgan fingerprint density at radius 2 is 2.11 bits per heavy atom. The highest BCUT2D eigenvalue weighted by Crippen LogP contribution is 2.09. The highest BCUT2D eigenvalue weighted by molar-refractivity contribution is 5.91. The minimum Gasteiger partial charge on any atom is -0.327 e. The number of nitrogens with one attached hydrogen (secondary N) is 2. The summed E-state index contributed by atoms with van der Waals surface area (Å²) in [7, 11) is 0. The van der Waals surface area contributed by atoms with Gasteiger partial charge in [-0.15, -0.1) is 0 Å². The molecule has 1 aliphatic heterocycles. The van der Waals surface area contributed by atoms with Crippen LogP contribution in [-0.2, 0) is 11.2 Å². The van der Waals surface area contributed by atoms with Crippen LogP contribution in [0.4, 0.5) is 5.69 Å². The number of carbonyl (C=O) groups is 1. The van der Waals surface area contributed by atoms with E-state index in [0.29, 0.717) is 6.54 Å². The fourth-order valence-corrected chi connectivity index (χ4v) is 2.81. The molecule has 1 heterocycles. The second kappa shape index (κ2) is 6.71. The number of anilines is 1. The number of benzene rings is 1. The zero-order valence-electron chi connectivity index (χ0n) is 12.0. The van der Waals surface area contributed by atoms with E-state index in [4.69, 9.17) is 0 Å². The largest absolute Gasteiger partial charge is 0.327 e. The molecule has 2 atom stereocenters.